The lowest BCUT2D eigenvalue weighted by atomic mass is 10.0. The molecule has 2 N–H and O–H groups in total. The number of rotatable bonds is 8. The highest BCUT2D eigenvalue weighted by Crippen LogP contribution is 2.32. The van der Waals surface area contributed by atoms with Crippen LogP contribution in [0.2, 0.25) is 0 Å². The third-order valence-corrected chi connectivity index (χ3v) is 7.12. The summed E-state index contributed by atoms with van der Waals surface area (Å²) in [6, 6.07) is 3.92. The zero-order valence-corrected chi connectivity index (χ0v) is 21.1. The normalized spacial score (nSPS) is 18.3. The molecular formula is C26H33N7O3. The number of pyridine rings is 2. The van der Waals surface area contributed by atoms with E-state index in [0.29, 0.717) is 29.7 Å². The third kappa shape index (κ3) is 4.70. The largest absolute Gasteiger partial charge is 0.355 e. The Morgan fingerprint density at radius 3 is 2.69 bits per heavy atom. The van der Waals surface area contributed by atoms with Crippen molar-refractivity contribution in [3.8, 4) is 0 Å². The standard InChI is InChI=1S/C26H33N7O3/c1-4-27-12-20-14-32(15-36-20)19-9-10-22(28-11-19)30-26-29-13-21-16(2)23(17(3)34)25(35)33(24(21)31-26)18-7-5-6-8-18/h9-11,13,18,20,27H,4-8,12,14-15H2,1-3H3,(H,28,29,30,31). The molecule has 0 spiro atoms. The summed E-state index contributed by atoms with van der Waals surface area (Å²) in [4.78, 5) is 41.6. The Balaban J connectivity index is 1.41. The van der Waals surface area contributed by atoms with Crippen molar-refractivity contribution in [2.24, 2.45) is 0 Å². The molecule has 0 radical (unpaired) electrons. The third-order valence-electron chi connectivity index (χ3n) is 7.12. The van der Waals surface area contributed by atoms with Gasteiger partial charge >= 0.3 is 0 Å². The number of nitrogens with one attached hydrogen (secondary N) is 2. The minimum atomic E-state index is -0.258. The molecular weight excluding hydrogens is 458 g/mol. The van der Waals surface area contributed by atoms with Crippen molar-refractivity contribution < 1.29 is 9.53 Å². The van der Waals surface area contributed by atoms with Gasteiger partial charge in [0.1, 0.15) is 18.2 Å². The van der Waals surface area contributed by atoms with Crippen LogP contribution in [0.4, 0.5) is 17.5 Å². The molecule has 190 valence electrons. The summed E-state index contributed by atoms with van der Waals surface area (Å²) in [5, 5.41) is 7.21. The summed E-state index contributed by atoms with van der Waals surface area (Å²) >= 11 is 0. The van der Waals surface area contributed by atoms with E-state index in [1.165, 1.54) is 6.92 Å². The number of ether oxygens (including phenoxy) is 1. The van der Waals surface area contributed by atoms with Crippen molar-refractivity contribution in [2.45, 2.75) is 58.6 Å². The molecule has 1 unspecified atom stereocenters. The number of ketones is 1. The summed E-state index contributed by atoms with van der Waals surface area (Å²) in [6.45, 7) is 8.43. The van der Waals surface area contributed by atoms with Gasteiger partial charge in [0.25, 0.3) is 5.56 Å². The first-order valence-corrected chi connectivity index (χ1v) is 12.7. The van der Waals surface area contributed by atoms with Crippen molar-refractivity contribution in [1.82, 2.24) is 24.8 Å². The van der Waals surface area contributed by atoms with Crippen molar-refractivity contribution in [2.75, 3.05) is 36.6 Å². The van der Waals surface area contributed by atoms with Gasteiger partial charge < -0.3 is 20.3 Å². The van der Waals surface area contributed by atoms with Crippen molar-refractivity contribution >= 4 is 34.3 Å². The van der Waals surface area contributed by atoms with Gasteiger partial charge in [-0.15, -0.1) is 0 Å². The van der Waals surface area contributed by atoms with E-state index in [9.17, 15) is 9.59 Å². The summed E-state index contributed by atoms with van der Waals surface area (Å²) in [7, 11) is 0. The lowest BCUT2D eigenvalue weighted by Gasteiger charge is -2.19. The van der Waals surface area contributed by atoms with Crippen molar-refractivity contribution in [1.29, 1.82) is 0 Å². The number of fused-ring (bicyclic) bond motifs is 1. The van der Waals surface area contributed by atoms with Gasteiger partial charge in [0.2, 0.25) is 5.95 Å². The molecule has 1 aliphatic carbocycles. The molecule has 2 fully saturated rings. The monoisotopic (exact) mass is 491 g/mol. The van der Waals surface area contributed by atoms with Gasteiger partial charge in [-0.05, 0) is 50.9 Å². The quantitative estimate of drug-likeness (QED) is 0.458. The molecule has 1 aliphatic heterocycles. The molecule has 10 nitrogen and oxygen atoms in total. The average molecular weight is 492 g/mol. The zero-order valence-electron chi connectivity index (χ0n) is 21.1. The maximum atomic E-state index is 13.4. The van der Waals surface area contributed by atoms with E-state index in [-0.39, 0.29) is 29.1 Å². The van der Waals surface area contributed by atoms with Gasteiger partial charge in [-0.2, -0.15) is 4.98 Å². The summed E-state index contributed by atoms with van der Waals surface area (Å²) in [5.74, 6) is 0.738. The highest BCUT2D eigenvalue weighted by molar-refractivity contribution is 5.99. The molecule has 10 heteroatoms. The van der Waals surface area contributed by atoms with Crippen molar-refractivity contribution in [3.63, 3.8) is 0 Å². The highest BCUT2D eigenvalue weighted by atomic mass is 16.5. The number of hydrogen-bond donors (Lipinski definition) is 2. The van der Waals surface area contributed by atoms with E-state index in [0.717, 1.165) is 56.4 Å². The number of carbonyl (C=O) groups excluding carboxylic acids is 1. The van der Waals surface area contributed by atoms with E-state index < -0.39 is 0 Å². The van der Waals surface area contributed by atoms with Crippen molar-refractivity contribution in [3.05, 3.63) is 46.0 Å². The molecule has 36 heavy (non-hydrogen) atoms. The van der Waals surface area contributed by atoms with Gasteiger partial charge in [-0.25, -0.2) is 9.97 Å². The Kier molecular flexibility index (Phi) is 6.97. The lowest BCUT2D eigenvalue weighted by molar-refractivity contribution is 0.101. The molecule has 2 aliphatic rings. The molecule has 0 bridgehead atoms. The van der Waals surface area contributed by atoms with Crippen LogP contribution in [-0.2, 0) is 4.74 Å². The second kappa shape index (κ2) is 10.3. The smallest absolute Gasteiger partial charge is 0.263 e. The average Bonchev–Trinajstić information content (AvgIpc) is 3.56. The highest BCUT2D eigenvalue weighted by Gasteiger charge is 2.26. The van der Waals surface area contributed by atoms with Crippen LogP contribution in [0.15, 0.2) is 29.3 Å². The SMILES string of the molecule is CCNCC1CN(c2ccc(Nc3ncc4c(C)c(C(C)=O)c(=O)n(C5CCCC5)c4n3)nc2)CO1. The number of Topliss-reactive ketones (excluding diaryl/α,β-unsaturated/α-hetero) is 1. The fraction of sp³-hybridized carbons (Fsp3) is 0.500. The summed E-state index contributed by atoms with van der Waals surface area (Å²) in [6.07, 6.45) is 7.59. The van der Waals surface area contributed by atoms with Gasteiger partial charge in [0.05, 0.1) is 23.6 Å². The first-order chi connectivity index (χ1) is 17.5. The Bertz CT molecular complexity index is 1320. The molecule has 1 atom stereocenters. The van der Waals surface area contributed by atoms with Crippen LogP contribution in [0.25, 0.3) is 11.0 Å². The fourth-order valence-electron chi connectivity index (χ4n) is 5.23. The van der Waals surface area contributed by atoms with E-state index in [2.05, 4.69) is 32.4 Å². The van der Waals surface area contributed by atoms with E-state index in [1.807, 2.05) is 12.1 Å². The second-order valence-corrected chi connectivity index (χ2v) is 9.58. The van der Waals surface area contributed by atoms with Gasteiger partial charge in [-0.1, -0.05) is 19.8 Å². The van der Waals surface area contributed by atoms with Gasteiger partial charge in [0.15, 0.2) is 5.78 Å². The summed E-state index contributed by atoms with van der Waals surface area (Å²) < 4.78 is 7.55. The zero-order chi connectivity index (χ0) is 25.2. The molecule has 5 rings (SSSR count). The van der Waals surface area contributed by atoms with Gasteiger partial charge in [-0.3, -0.25) is 14.2 Å². The van der Waals surface area contributed by atoms with Gasteiger partial charge in [0, 0.05) is 30.7 Å². The topological polar surface area (TPSA) is 114 Å². The van der Waals surface area contributed by atoms with Crippen LogP contribution in [0.5, 0.6) is 0 Å². The molecule has 3 aromatic heterocycles. The van der Waals surface area contributed by atoms with Crippen LogP contribution < -0.4 is 21.1 Å². The predicted octanol–water partition coefficient (Wildman–Crippen LogP) is 3.33. The number of hydrogen-bond acceptors (Lipinski definition) is 9. The molecule has 3 aromatic rings. The maximum absolute atomic E-state index is 13.4. The first-order valence-electron chi connectivity index (χ1n) is 12.7. The minimum Gasteiger partial charge on any atom is -0.355 e. The van der Waals surface area contributed by atoms with E-state index in [4.69, 9.17) is 9.72 Å². The number of aromatic nitrogens is 4. The van der Waals surface area contributed by atoms with E-state index in [1.54, 1.807) is 23.9 Å². The molecule has 1 saturated heterocycles. The molecule has 0 aromatic carbocycles. The lowest BCUT2D eigenvalue weighted by Crippen LogP contribution is -2.30. The predicted molar refractivity (Wildman–Crippen MR) is 139 cm³/mol. The van der Waals surface area contributed by atoms with Crippen LogP contribution >= 0.6 is 0 Å². The number of nitrogens with zero attached hydrogens (tertiary/aromatic N) is 5. The maximum Gasteiger partial charge on any atom is 0.263 e. The Morgan fingerprint density at radius 2 is 2.00 bits per heavy atom. The molecule has 4 heterocycles. The van der Waals surface area contributed by atoms with Crippen LogP contribution in [0.1, 0.15) is 61.5 Å². The second-order valence-electron chi connectivity index (χ2n) is 9.58. The minimum absolute atomic E-state index is 0.0397. The Morgan fingerprint density at radius 1 is 1.19 bits per heavy atom. The number of carbonyl (C=O) groups is 1. The number of aryl methyl sites for hydroxylation is 1. The number of likely N-dealkylation sites (N-methyl/N-ethyl adjacent to an activating group) is 1. The first kappa shape index (κ1) is 24.3. The van der Waals surface area contributed by atoms with E-state index >= 15 is 0 Å². The van der Waals surface area contributed by atoms with Crippen LogP contribution in [0, 0.1) is 6.92 Å². The number of anilines is 3. The Hall–Kier alpha value is -3.37. The van der Waals surface area contributed by atoms with Crippen LogP contribution in [0.3, 0.4) is 0 Å². The molecule has 0 amide bonds. The Labute approximate surface area is 210 Å². The van der Waals surface area contributed by atoms with Crippen LogP contribution in [-0.4, -0.2) is 57.8 Å². The fourth-order valence-corrected chi connectivity index (χ4v) is 5.23. The molecule has 1 saturated carbocycles. The summed E-state index contributed by atoms with van der Waals surface area (Å²) in [5.41, 5.74) is 2.15.